The van der Waals surface area contributed by atoms with E-state index in [9.17, 15) is 14.4 Å². The summed E-state index contributed by atoms with van der Waals surface area (Å²) < 4.78 is 6.19. The largest absolute Gasteiger partial charge is 0.438 e. The molecule has 0 aliphatic carbocycles. The molecule has 0 aliphatic heterocycles. The van der Waals surface area contributed by atoms with E-state index in [1.54, 1.807) is 38.1 Å². The Morgan fingerprint density at radius 3 is 2.85 bits per heavy atom. The van der Waals surface area contributed by atoms with Crippen LogP contribution in [-0.4, -0.2) is 30.9 Å². The van der Waals surface area contributed by atoms with Gasteiger partial charge >= 0.3 is 5.97 Å². The van der Waals surface area contributed by atoms with Crippen molar-refractivity contribution in [1.29, 1.82) is 0 Å². The van der Waals surface area contributed by atoms with Crippen LogP contribution in [0.5, 0.6) is 0 Å². The van der Waals surface area contributed by atoms with Gasteiger partial charge in [0.25, 0.3) is 11.1 Å². The third kappa shape index (κ3) is 2.89. The van der Waals surface area contributed by atoms with Gasteiger partial charge in [-0.15, -0.1) is 16.4 Å². The van der Waals surface area contributed by atoms with Gasteiger partial charge in [0, 0.05) is 0 Å². The number of hydrogen-bond donors (Lipinski definition) is 1. The average molecular weight is 383 g/mol. The van der Waals surface area contributed by atoms with E-state index in [0.29, 0.717) is 32.5 Å². The number of ether oxygens (including phenoxy) is 1. The van der Waals surface area contributed by atoms with Gasteiger partial charge in [0.1, 0.15) is 21.0 Å². The Morgan fingerprint density at radius 2 is 2.04 bits per heavy atom. The molecule has 3 heterocycles. The van der Waals surface area contributed by atoms with E-state index in [1.165, 1.54) is 0 Å². The van der Waals surface area contributed by atoms with E-state index >= 15 is 0 Å². The molecule has 27 heavy (non-hydrogen) atoms. The standard InChI is InChI=1S/C17H13N5O4S/c1-8-12-14(23)18-9(2)19-15(12)27-13(8)17(25)26-7-22-16(24)10-5-3-4-6-11(10)20-21-22/h3-6H,7H2,1-2H3,(H,18,19,23). The van der Waals surface area contributed by atoms with Gasteiger partial charge in [0.15, 0.2) is 6.73 Å². The predicted octanol–water partition coefficient (Wildman–Crippen LogP) is 1.52. The number of benzene rings is 1. The summed E-state index contributed by atoms with van der Waals surface area (Å²) in [5.41, 5.74) is 0.244. The molecule has 0 bridgehead atoms. The summed E-state index contributed by atoms with van der Waals surface area (Å²) in [5.74, 6) is -0.193. The fourth-order valence-corrected chi connectivity index (χ4v) is 3.86. The van der Waals surface area contributed by atoms with E-state index in [-0.39, 0.29) is 17.2 Å². The molecular formula is C17H13N5O4S. The molecule has 0 unspecified atom stereocenters. The van der Waals surface area contributed by atoms with Crippen molar-refractivity contribution in [2.45, 2.75) is 20.6 Å². The van der Waals surface area contributed by atoms with Crippen LogP contribution in [-0.2, 0) is 11.5 Å². The minimum Gasteiger partial charge on any atom is -0.438 e. The maximum absolute atomic E-state index is 12.5. The average Bonchev–Trinajstić information content (AvgIpc) is 2.98. The number of aryl methyl sites for hydroxylation is 2. The molecule has 9 nitrogen and oxygen atoms in total. The molecule has 0 spiro atoms. The number of aromatic nitrogens is 5. The number of carbonyl (C=O) groups excluding carboxylic acids is 1. The summed E-state index contributed by atoms with van der Waals surface area (Å²) in [5, 5.41) is 8.45. The van der Waals surface area contributed by atoms with Gasteiger partial charge in [-0.1, -0.05) is 17.3 Å². The SMILES string of the molecule is Cc1nc2sc(C(=O)OCn3nnc4ccccc4c3=O)c(C)c2c(=O)[nH]1. The highest BCUT2D eigenvalue weighted by Crippen LogP contribution is 2.27. The Hall–Kier alpha value is -3.40. The Kier molecular flexibility index (Phi) is 4.04. The first-order chi connectivity index (χ1) is 13.0. The summed E-state index contributed by atoms with van der Waals surface area (Å²) >= 11 is 1.07. The van der Waals surface area contributed by atoms with Crippen LogP contribution in [0, 0.1) is 13.8 Å². The maximum atomic E-state index is 12.5. The van der Waals surface area contributed by atoms with Gasteiger partial charge in [-0.05, 0) is 31.5 Å². The van der Waals surface area contributed by atoms with Crippen LogP contribution in [0.1, 0.15) is 21.1 Å². The van der Waals surface area contributed by atoms with Crippen LogP contribution in [0.15, 0.2) is 33.9 Å². The highest BCUT2D eigenvalue weighted by atomic mass is 32.1. The number of nitrogens with one attached hydrogen (secondary N) is 1. The lowest BCUT2D eigenvalue weighted by atomic mass is 10.2. The number of aromatic amines is 1. The van der Waals surface area contributed by atoms with Crippen LogP contribution in [0.2, 0.25) is 0 Å². The molecular weight excluding hydrogens is 370 g/mol. The minimum atomic E-state index is -0.658. The van der Waals surface area contributed by atoms with E-state index < -0.39 is 11.5 Å². The Morgan fingerprint density at radius 1 is 1.26 bits per heavy atom. The third-order valence-corrected chi connectivity index (χ3v) is 5.22. The zero-order valence-electron chi connectivity index (χ0n) is 14.3. The molecule has 0 aliphatic rings. The molecule has 4 rings (SSSR count). The number of thiophene rings is 1. The van der Waals surface area contributed by atoms with Crippen LogP contribution in [0.25, 0.3) is 21.1 Å². The molecule has 1 N–H and O–H groups in total. The molecule has 136 valence electrons. The molecule has 0 radical (unpaired) electrons. The number of hydrogen-bond acceptors (Lipinski definition) is 8. The Labute approximate surface area is 155 Å². The quantitative estimate of drug-likeness (QED) is 0.533. The van der Waals surface area contributed by atoms with Crippen LogP contribution in [0.3, 0.4) is 0 Å². The zero-order valence-corrected chi connectivity index (χ0v) is 15.2. The summed E-state index contributed by atoms with van der Waals surface area (Å²) in [6, 6.07) is 6.77. The second-order valence-corrected chi connectivity index (χ2v) is 6.86. The van der Waals surface area contributed by atoms with Gasteiger partial charge < -0.3 is 9.72 Å². The van der Waals surface area contributed by atoms with Gasteiger partial charge in [-0.3, -0.25) is 9.59 Å². The van der Waals surface area contributed by atoms with Crippen molar-refractivity contribution in [2.75, 3.05) is 0 Å². The molecule has 4 aromatic rings. The van der Waals surface area contributed by atoms with E-state index in [0.717, 1.165) is 16.0 Å². The summed E-state index contributed by atoms with van der Waals surface area (Å²) in [7, 11) is 0. The Balaban J connectivity index is 1.64. The van der Waals surface area contributed by atoms with Gasteiger partial charge in [0.2, 0.25) is 0 Å². The molecule has 0 fully saturated rings. The number of H-pyrrole nitrogens is 1. The van der Waals surface area contributed by atoms with E-state index in [1.807, 2.05) is 0 Å². The lowest BCUT2D eigenvalue weighted by Crippen LogP contribution is -2.26. The molecule has 0 saturated heterocycles. The molecule has 10 heteroatoms. The highest BCUT2D eigenvalue weighted by Gasteiger charge is 2.20. The summed E-state index contributed by atoms with van der Waals surface area (Å²) in [4.78, 5) is 44.5. The fraction of sp³-hybridized carbons (Fsp3) is 0.176. The van der Waals surface area contributed by atoms with Crippen molar-refractivity contribution in [1.82, 2.24) is 25.0 Å². The van der Waals surface area contributed by atoms with Crippen molar-refractivity contribution in [3.8, 4) is 0 Å². The first-order valence-electron chi connectivity index (χ1n) is 7.95. The number of esters is 1. The van der Waals surface area contributed by atoms with Crippen molar-refractivity contribution in [2.24, 2.45) is 0 Å². The molecule has 3 aromatic heterocycles. The molecule has 0 saturated carbocycles. The fourth-order valence-electron chi connectivity index (χ4n) is 2.74. The van der Waals surface area contributed by atoms with Crippen LogP contribution < -0.4 is 11.1 Å². The Bertz CT molecular complexity index is 1320. The second kappa shape index (κ2) is 6.40. The molecule has 0 amide bonds. The zero-order chi connectivity index (χ0) is 19.1. The molecule has 1 aromatic carbocycles. The third-order valence-electron chi connectivity index (χ3n) is 4.05. The lowest BCUT2D eigenvalue weighted by molar-refractivity contribution is 0.0341. The first kappa shape index (κ1) is 17.0. The smallest absolute Gasteiger partial charge is 0.350 e. The van der Waals surface area contributed by atoms with Crippen molar-refractivity contribution in [3.05, 3.63) is 61.2 Å². The second-order valence-electron chi connectivity index (χ2n) is 5.86. The number of fused-ring (bicyclic) bond motifs is 2. The van der Waals surface area contributed by atoms with Crippen molar-refractivity contribution >= 4 is 38.4 Å². The van der Waals surface area contributed by atoms with Gasteiger partial charge in [-0.25, -0.2) is 9.78 Å². The topological polar surface area (TPSA) is 120 Å². The van der Waals surface area contributed by atoms with Gasteiger partial charge in [0.05, 0.1) is 10.8 Å². The maximum Gasteiger partial charge on any atom is 0.350 e. The van der Waals surface area contributed by atoms with Crippen molar-refractivity contribution in [3.63, 3.8) is 0 Å². The van der Waals surface area contributed by atoms with E-state index in [2.05, 4.69) is 20.3 Å². The minimum absolute atomic E-state index is 0.260. The van der Waals surface area contributed by atoms with Crippen LogP contribution >= 0.6 is 11.3 Å². The first-order valence-corrected chi connectivity index (χ1v) is 8.77. The number of nitrogens with zero attached hydrogens (tertiary/aromatic N) is 4. The highest BCUT2D eigenvalue weighted by molar-refractivity contribution is 7.20. The lowest BCUT2D eigenvalue weighted by Gasteiger charge is -2.06. The number of rotatable bonds is 3. The van der Waals surface area contributed by atoms with Gasteiger partial charge in [-0.2, -0.15) is 4.68 Å². The normalized spacial score (nSPS) is 11.2. The predicted molar refractivity (Wildman–Crippen MR) is 98.9 cm³/mol. The van der Waals surface area contributed by atoms with Crippen LogP contribution in [0.4, 0.5) is 0 Å². The number of carbonyl (C=O) groups is 1. The van der Waals surface area contributed by atoms with Crippen molar-refractivity contribution < 1.29 is 9.53 Å². The monoisotopic (exact) mass is 383 g/mol. The summed E-state index contributed by atoms with van der Waals surface area (Å²) in [6.07, 6.45) is 0. The summed E-state index contributed by atoms with van der Waals surface area (Å²) in [6.45, 7) is 2.94. The molecule has 0 atom stereocenters. The van der Waals surface area contributed by atoms with E-state index in [4.69, 9.17) is 4.74 Å².